The minimum Gasteiger partial charge on any atom is -0.456 e. The SMILES string of the molecule is C=CCc1cc(C(=O)NC2c3ccc(Cl)cc3Oc3cccc(Cl)c32)c(=O)[nH]c1C(F)(F)F. The Morgan fingerprint density at radius 1 is 1.18 bits per heavy atom. The van der Waals surface area contributed by atoms with Crippen molar-refractivity contribution in [3.8, 4) is 11.5 Å². The van der Waals surface area contributed by atoms with Crippen LogP contribution in [0.1, 0.15) is 38.8 Å². The molecule has 10 heteroatoms. The molecule has 0 radical (unpaired) electrons. The number of hydrogen-bond donors (Lipinski definition) is 2. The number of pyridine rings is 1. The molecular weight excluding hydrogens is 480 g/mol. The highest BCUT2D eigenvalue weighted by Gasteiger charge is 2.36. The molecule has 0 spiro atoms. The average molecular weight is 495 g/mol. The van der Waals surface area contributed by atoms with Gasteiger partial charge >= 0.3 is 6.18 Å². The molecule has 1 aromatic heterocycles. The van der Waals surface area contributed by atoms with Gasteiger partial charge < -0.3 is 15.0 Å². The first kappa shape index (κ1) is 22.9. The van der Waals surface area contributed by atoms with Gasteiger partial charge in [0.25, 0.3) is 11.5 Å². The highest BCUT2D eigenvalue weighted by molar-refractivity contribution is 6.32. The van der Waals surface area contributed by atoms with Crippen LogP contribution in [0.5, 0.6) is 11.5 Å². The first-order valence-electron chi connectivity index (χ1n) is 9.61. The first-order chi connectivity index (χ1) is 15.6. The second-order valence-corrected chi connectivity index (χ2v) is 8.09. The zero-order valence-corrected chi connectivity index (χ0v) is 18.2. The molecule has 170 valence electrons. The van der Waals surface area contributed by atoms with Crippen LogP contribution in [0.15, 0.2) is 59.9 Å². The summed E-state index contributed by atoms with van der Waals surface area (Å²) in [7, 11) is 0. The van der Waals surface area contributed by atoms with Crippen LogP contribution in [0.4, 0.5) is 13.2 Å². The molecule has 1 amide bonds. The minimum atomic E-state index is -4.79. The van der Waals surface area contributed by atoms with Crippen LogP contribution in [0, 0.1) is 0 Å². The van der Waals surface area contributed by atoms with E-state index in [1.54, 1.807) is 41.4 Å². The summed E-state index contributed by atoms with van der Waals surface area (Å²) in [5.41, 5.74) is -2.19. The Balaban J connectivity index is 1.79. The van der Waals surface area contributed by atoms with Crippen LogP contribution in [0.2, 0.25) is 10.0 Å². The maximum absolute atomic E-state index is 13.3. The third kappa shape index (κ3) is 4.36. The van der Waals surface area contributed by atoms with Gasteiger partial charge in [-0.1, -0.05) is 41.4 Å². The van der Waals surface area contributed by atoms with E-state index in [-0.39, 0.29) is 12.0 Å². The van der Waals surface area contributed by atoms with Gasteiger partial charge in [-0.05, 0) is 42.3 Å². The second-order valence-electron chi connectivity index (χ2n) is 7.25. The van der Waals surface area contributed by atoms with Gasteiger partial charge in [0.2, 0.25) is 0 Å². The second kappa shape index (κ2) is 8.61. The van der Waals surface area contributed by atoms with Gasteiger partial charge in [-0.3, -0.25) is 9.59 Å². The van der Waals surface area contributed by atoms with Crippen molar-refractivity contribution in [1.82, 2.24) is 10.3 Å². The Bertz CT molecular complexity index is 1340. The summed E-state index contributed by atoms with van der Waals surface area (Å²) in [6.07, 6.45) is -3.74. The molecule has 0 aliphatic carbocycles. The number of ether oxygens (including phenoxy) is 1. The van der Waals surface area contributed by atoms with Crippen LogP contribution in [-0.2, 0) is 12.6 Å². The molecule has 33 heavy (non-hydrogen) atoms. The Kier molecular flexibility index (Phi) is 5.99. The summed E-state index contributed by atoms with van der Waals surface area (Å²) >= 11 is 12.4. The number of carbonyl (C=O) groups is 1. The van der Waals surface area contributed by atoms with E-state index in [9.17, 15) is 22.8 Å². The predicted octanol–water partition coefficient (Wildman–Crippen LogP) is 6.05. The molecule has 1 unspecified atom stereocenters. The number of aromatic nitrogens is 1. The quantitative estimate of drug-likeness (QED) is 0.433. The number of amides is 1. The van der Waals surface area contributed by atoms with Crippen molar-refractivity contribution < 1.29 is 22.7 Å². The number of benzene rings is 2. The van der Waals surface area contributed by atoms with Gasteiger partial charge in [-0.2, -0.15) is 13.2 Å². The molecule has 5 nitrogen and oxygen atoms in total. The Morgan fingerprint density at radius 3 is 2.64 bits per heavy atom. The number of carbonyl (C=O) groups excluding carboxylic acids is 1. The lowest BCUT2D eigenvalue weighted by Gasteiger charge is -2.29. The van der Waals surface area contributed by atoms with E-state index >= 15 is 0 Å². The molecular formula is C23H15Cl2F3N2O3. The van der Waals surface area contributed by atoms with Gasteiger partial charge in [-0.25, -0.2) is 0 Å². The number of halogens is 5. The van der Waals surface area contributed by atoms with Gasteiger partial charge in [0.05, 0.1) is 6.04 Å². The van der Waals surface area contributed by atoms with Crippen molar-refractivity contribution in [2.75, 3.05) is 0 Å². The molecule has 0 saturated carbocycles. The third-order valence-electron chi connectivity index (χ3n) is 5.10. The van der Waals surface area contributed by atoms with Crippen LogP contribution >= 0.6 is 23.2 Å². The predicted molar refractivity (Wildman–Crippen MR) is 118 cm³/mol. The van der Waals surface area contributed by atoms with Crippen molar-refractivity contribution in [2.45, 2.75) is 18.6 Å². The van der Waals surface area contributed by atoms with Crippen LogP contribution in [0.3, 0.4) is 0 Å². The van der Waals surface area contributed by atoms with E-state index in [1.807, 2.05) is 0 Å². The zero-order valence-electron chi connectivity index (χ0n) is 16.7. The molecule has 3 aromatic rings. The van der Waals surface area contributed by atoms with E-state index in [1.165, 1.54) is 6.08 Å². The number of fused-ring (bicyclic) bond motifs is 2. The number of nitrogens with one attached hydrogen (secondary N) is 2. The number of alkyl halides is 3. The molecule has 4 rings (SSSR count). The normalized spacial score (nSPS) is 14.6. The number of rotatable bonds is 4. The summed E-state index contributed by atoms with van der Waals surface area (Å²) in [4.78, 5) is 27.3. The first-order valence-corrected chi connectivity index (χ1v) is 10.4. The minimum absolute atomic E-state index is 0.195. The van der Waals surface area contributed by atoms with Crippen molar-refractivity contribution >= 4 is 29.1 Å². The zero-order chi connectivity index (χ0) is 23.9. The molecule has 2 heterocycles. The highest BCUT2D eigenvalue weighted by atomic mass is 35.5. The fourth-order valence-corrected chi connectivity index (χ4v) is 4.10. The number of H-pyrrole nitrogens is 1. The Morgan fingerprint density at radius 2 is 1.94 bits per heavy atom. The van der Waals surface area contributed by atoms with Crippen molar-refractivity contribution in [2.24, 2.45) is 0 Å². The largest absolute Gasteiger partial charge is 0.456 e. The van der Waals surface area contributed by atoms with E-state index in [0.717, 1.165) is 6.07 Å². The monoisotopic (exact) mass is 494 g/mol. The molecule has 1 aliphatic rings. The number of aromatic amines is 1. The fourth-order valence-electron chi connectivity index (χ4n) is 3.67. The van der Waals surface area contributed by atoms with E-state index in [0.29, 0.717) is 32.7 Å². The van der Waals surface area contributed by atoms with E-state index < -0.39 is 34.9 Å². The molecule has 0 bridgehead atoms. The average Bonchev–Trinajstić information content (AvgIpc) is 2.73. The van der Waals surface area contributed by atoms with Gasteiger partial charge in [-0.15, -0.1) is 6.58 Å². The summed E-state index contributed by atoms with van der Waals surface area (Å²) in [5, 5.41) is 3.40. The summed E-state index contributed by atoms with van der Waals surface area (Å²) in [6.45, 7) is 3.44. The van der Waals surface area contributed by atoms with E-state index in [4.69, 9.17) is 27.9 Å². The number of allylic oxidation sites excluding steroid dienone is 1. The highest BCUT2D eigenvalue weighted by Crippen LogP contribution is 2.46. The standard InChI is InChI=1S/C23H15Cl2F3N2O3/c1-2-4-11-9-14(22(32)30-20(11)23(26,27)28)21(31)29-19-13-8-7-12(24)10-17(13)33-16-6-3-5-15(25)18(16)19/h2-3,5-10,19H,1,4H2,(H,29,31)(H,30,32). The molecule has 2 N–H and O–H groups in total. The lowest BCUT2D eigenvalue weighted by molar-refractivity contribution is -0.141. The maximum atomic E-state index is 13.3. The fraction of sp³-hybridized carbons (Fsp3) is 0.130. The summed E-state index contributed by atoms with van der Waals surface area (Å²) < 4.78 is 45.8. The lowest BCUT2D eigenvalue weighted by Crippen LogP contribution is -2.35. The third-order valence-corrected chi connectivity index (χ3v) is 5.66. The van der Waals surface area contributed by atoms with Crippen molar-refractivity contribution in [3.63, 3.8) is 0 Å². The van der Waals surface area contributed by atoms with Gasteiger partial charge in [0.1, 0.15) is 22.8 Å². The molecule has 0 saturated heterocycles. The van der Waals surface area contributed by atoms with Gasteiger partial charge in [0.15, 0.2) is 0 Å². The summed E-state index contributed by atoms with van der Waals surface area (Å²) in [5.74, 6) is -0.138. The number of hydrogen-bond acceptors (Lipinski definition) is 3. The van der Waals surface area contributed by atoms with Crippen LogP contribution in [0.25, 0.3) is 0 Å². The Labute approximate surface area is 195 Å². The smallest absolute Gasteiger partial charge is 0.431 e. The van der Waals surface area contributed by atoms with Crippen LogP contribution < -0.4 is 15.6 Å². The lowest BCUT2D eigenvalue weighted by atomic mass is 9.94. The topological polar surface area (TPSA) is 71.2 Å². The van der Waals surface area contributed by atoms with Crippen LogP contribution in [-0.4, -0.2) is 10.9 Å². The molecule has 2 aromatic carbocycles. The maximum Gasteiger partial charge on any atom is 0.431 e. The van der Waals surface area contributed by atoms with Crippen molar-refractivity contribution in [3.05, 3.63) is 103 Å². The molecule has 1 atom stereocenters. The van der Waals surface area contributed by atoms with E-state index in [2.05, 4.69) is 11.9 Å². The summed E-state index contributed by atoms with van der Waals surface area (Å²) in [6, 6.07) is 9.80. The Hall–Kier alpha value is -3.23. The van der Waals surface area contributed by atoms with Crippen molar-refractivity contribution in [1.29, 1.82) is 0 Å². The molecule has 0 fully saturated rings. The van der Waals surface area contributed by atoms with Gasteiger partial charge in [0, 0.05) is 21.2 Å². The molecule has 1 aliphatic heterocycles.